The molecule has 0 unspecified atom stereocenters. The smallest absolute Gasteiger partial charge is 0.207 e. The normalized spacial score (nSPS) is 10.4. The van der Waals surface area contributed by atoms with Gasteiger partial charge < -0.3 is 0 Å². The molecule has 0 atom stereocenters. The van der Waals surface area contributed by atoms with Gasteiger partial charge in [0.2, 0.25) is 5.92 Å². The summed E-state index contributed by atoms with van der Waals surface area (Å²) in [6, 6.07) is 7.22. The van der Waals surface area contributed by atoms with Gasteiger partial charge >= 0.3 is 0 Å². The molecule has 1 aromatic rings. The Kier molecular flexibility index (Phi) is 5.36. The second-order valence-corrected chi connectivity index (χ2v) is 3.24. The van der Waals surface area contributed by atoms with E-state index >= 15 is 0 Å². The van der Waals surface area contributed by atoms with E-state index in [-0.39, 0.29) is 6.42 Å². The topological polar surface area (TPSA) is 0 Å². The van der Waals surface area contributed by atoms with Crippen LogP contribution >= 0.6 is 0 Å². The first-order valence-electron chi connectivity index (χ1n) is 4.91. The monoisotopic (exact) mass is 200 g/mol. The molecule has 14 heavy (non-hydrogen) atoms. The first-order valence-corrected chi connectivity index (χ1v) is 4.91. The van der Waals surface area contributed by atoms with Crippen LogP contribution < -0.4 is 0 Å². The number of alkyl halides is 2. The second kappa shape index (κ2) is 5.74. The van der Waals surface area contributed by atoms with E-state index in [0.29, 0.717) is 5.56 Å². The van der Waals surface area contributed by atoms with Crippen LogP contribution in [0.1, 0.15) is 31.9 Å². The molecule has 0 radical (unpaired) electrons. The molecule has 80 valence electrons. The Balaban J connectivity index is 0.000000791. The van der Waals surface area contributed by atoms with Crippen LogP contribution in [0.15, 0.2) is 24.3 Å². The lowest BCUT2D eigenvalue weighted by atomic mass is 10.1. The van der Waals surface area contributed by atoms with Crippen molar-refractivity contribution in [2.45, 2.75) is 40.0 Å². The molecule has 0 bridgehead atoms. The third kappa shape index (κ3) is 5.68. The van der Waals surface area contributed by atoms with E-state index in [1.165, 1.54) is 0 Å². The zero-order chi connectivity index (χ0) is 11.2. The highest BCUT2D eigenvalue weighted by molar-refractivity contribution is 5.22. The summed E-state index contributed by atoms with van der Waals surface area (Å²) in [7, 11) is 0. The highest BCUT2D eigenvalue weighted by atomic mass is 19.3. The van der Waals surface area contributed by atoms with Crippen molar-refractivity contribution >= 4 is 0 Å². The minimum absolute atomic E-state index is 0.172. The van der Waals surface area contributed by atoms with Crippen LogP contribution in [0.2, 0.25) is 0 Å². The van der Waals surface area contributed by atoms with Gasteiger partial charge in [-0.1, -0.05) is 43.7 Å². The van der Waals surface area contributed by atoms with Crippen LogP contribution in [-0.4, -0.2) is 5.92 Å². The summed E-state index contributed by atoms with van der Waals surface area (Å²) in [6.07, 6.45) is -0.172. The summed E-state index contributed by atoms with van der Waals surface area (Å²) in [4.78, 5) is 0. The molecule has 0 aromatic heterocycles. The molecule has 0 aliphatic heterocycles. The van der Waals surface area contributed by atoms with Crippen LogP contribution in [0, 0.1) is 6.92 Å². The van der Waals surface area contributed by atoms with Gasteiger partial charge in [0.25, 0.3) is 0 Å². The Hall–Kier alpha value is -0.920. The first kappa shape index (κ1) is 13.1. The van der Waals surface area contributed by atoms with Crippen LogP contribution in [0.3, 0.4) is 0 Å². The molecule has 0 saturated heterocycles. The summed E-state index contributed by atoms with van der Waals surface area (Å²) in [5.41, 5.74) is 1.72. The average molecular weight is 200 g/mol. The third-order valence-electron chi connectivity index (χ3n) is 1.60. The highest BCUT2D eigenvalue weighted by Crippen LogP contribution is 2.19. The summed E-state index contributed by atoms with van der Waals surface area (Å²) in [6.45, 7) is 6.84. The molecule has 2 heteroatoms. The van der Waals surface area contributed by atoms with Crippen LogP contribution in [0.5, 0.6) is 0 Å². The van der Waals surface area contributed by atoms with Crippen molar-refractivity contribution in [2.24, 2.45) is 0 Å². The van der Waals surface area contributed by atoms with E-state index in [0.717, 1.165) is 12.5 Å². The Labute approximate surface area is 85.0 Å². The number of hydrogen-bond donors (Lipinski definition) is 0. The van der Waals surface area contributed by atoms with Gasteiger partial charge in [0, 0.05) is 6.42 Å². The van der Waals surface area contributed by atoms with Crippen LogP contribution in [-0.2, 0) is 6.42 Å². The summed E-state index contributed by atoms with van der Waals surface area (Å²) < 4.78 is 25.1. The fraction of sp³-hybridized carbons (Fsp3) is 0.500. The predicted octanol–water partition coefficient (Wildman–Crippen LogP) is 4.22. The number of halogens is 2. The van der Waals surface area contributed by atoms with Crippen molar-refractivity contribution < 1.29 is 8.78 Å². The van der Waals surface area contributed by atoms with Gasteiger partial charge in [0.1, 0.15) is 0 Å². The van der Waals surface area contributed by atoms with E-state index < -0.39 is 5.92 Å². The maximum atomic E-state index is 12.5. The van der Waals surface area contributed by atoms with Crippen LogP contribution in [0.4, 0.5) is 8.78 Å². The van der Waals surface area contributed by atoms with Gasteiger partial charge in [-0.05, 0) is 19.4 Å². The molecule has 0 saturated carbocycles. The number of hydrogen-bond acceptors (Lipinski definition) is 0. The Morgan fingerprint density at radius 1 is 1.21 bits per heavy atom. The molecule has 0 fully saturated rings. The van der Waals surface area contributed by atoms with E-state index in [9.17, 15) is 8.78 Å². The molecule has 0 nitrogen and oxygen atoms in total. The summed E-state index contributed by atoms with van der Waals surface area (Å²) >= 11 is 0. The van der Waals surface area contributed by atoms with E-state index in [2.05, 4.69) is 0 Å². The lowest BCUT2D eigenvalue weighted by Gasteiger charge is -2.09. The van der Waals surface area contributed by atoms with Gasteiger partial charge in [-0.25, -0.2) is 8.78 Å². The number of benzene rings is 1. The first-order chi connectivity index (χ1) is 6.47. The molecular weight excluding hydrogens is 182 g/mol. The molecule has 0 amide bonds. The van der Waals surface area contributed by atoms with Gasteiger partial charge in [-0.15, -0.1) is 0 Å². The maximum absolute atomic E-state index is 12.5. The van der Waals surface area contributed by atoms with Crippen molar-refractivity contribution in [2.75, 3.05) is 0 Å². The Bertz CT molecular complexity index is 261. The zero-order valence-electron chi connectivity index (χ0n) is 9.27. The van der Waals surface area contributed by atoms with E-state index in [1.807, 2.05) is 26.8 Å². The number of aryl methyl sites for hydroxylation is 1. The minimum atomic E-state index is -2.60. The van der Waals surface area contributed by atoms with Crippen molar-refractivity contribution in [1.82, 2.24) is 0 Å². The minimum Gasteiger partial charge on any atom is -0.207 e. The number of rotatable bonds is 2. The fourth-order valence-corrected chi connectivity index (χ4v) is 1.18. The fourth-order valence-electron chi connectivity index (χ4n) is 1.18. The predicted molar refractivity (Wildman–Crippen MR) is 56.9 cm³/mol. The Morgan fingerprint density at radius 3 is 2.21 bits per heavy atom. The van der Waals surface area contributed by atoms with Crippen molar-refractivity contribution in [3.05, 3.63) is 35.4 Å². The van der Waals surface area contributed by atoms with Gasteiger partial charge in [0.15, 0.2) is 0 Å². The van der Waals surface area contributed by atoms with Gasteiger partial charge in [-0.3, -0.25) is 0 Å². The molecule has 1 rings (SSSR count). The average Bonchev–Trinajstić information content (AvgIpc) is 2.04. The molecular formula is C12H18F2. The van der Waals surface area contributed by atoms with Crippen LogP contribution in [0.25, 0.3) is 0 Å². The largest absolute Gasteiger partial charge is 0.249 e. The lowest BCUT2D eigenvalue weighted by molar-refractivity contribution is 0.0226. The zero-order valence-corrected chi connectivity index (χ0v) is 9.27. The van der Waals surface area contributed by atoms with Crippen molar-refractivity contribution in [3.63, 3.8) is 0 Å². The third-order valence-corrected chi connectivity index (χ3v) is 1.60. The molecule has 0 N–H and O–H groups in total. The molecule has 1 aromatic carbocycles. The standard InChI is InChI=1S/C10H12F2.C2H6/c1-8-4-3-5-9(6-8)7-10(2,11)12;1-2/h3-6H,7H2,1-2H3;1-2H3. The van der Waals surface area contributed by atoms with Crippen molar-refractivity contribution in [3.8, 4) is 0 Å². The highest BCUT2D eigenvalue weighted by Gasteiger charge is 2.21. The molecule has 0 spiro atoms. The SMILES string of the molecule is CC.Cc1cccc(CC(C)(F)F)c1. The van der Waals surface area contributed by atoms with E-state index in [4.69, 9.17) is 0 Å². The molecule has 0 heterocycles. The van der Waals surface area contributed by atoms with Crippen molar-refractivity contribution in [1.29, 1.82) is 0 Å². The maximum Gasteiger partial charge on any atom is 0.249 e. The van der Waals surface area contributed by atoms with E-state index in [1.54, 1.807) is 18.2 Å². The Morgan fingerprint density at radius 2 is 1.79 bits per heavy atom. The van der Waals surface area contributed by atoms with Gasteiger partial charge in [-0.2, -0.15) is 0 Å². The van der Waals surface area contributed by atoms with Gasteiger partial charge in [0.05, 0.1) is 0 Å². The molecule has 0 aliphatic carbocycles. The second-order valence-electron chi connectivity index (χ2n) is 3.24. The molecule has 0 aliphatic rings. The lowest BCUT2D eigenvalue weighted by Crippen LogP contribution is -2.13. The summed E-state index contributed by atoms with van der Waals surface area (Å²) in [5, 5.41) is 0. The summed E-state index contributed by atoms with van der Waals surface area (Å²) in [5.74, 6) is -2.60. The quantitative estimate of drug-likeness (QED) is 0.670.